The molecule has 0 radical (unpaired) electrons. The third kappa shape index (κ3) is 5.96. The molecule has 224 valence electrons. The Kier molecular flexibility index (Phi) is 8.60. The van der Waals surface area contributed by atoms with Gasteiger partial charge in [0.2, 0.25) is 10.0 Å². The molecule has 0 amide bonds. The lowest BCUT2D eigenvalue weighted by molar-refractivity contribution is 0.0726. The number of nitrogens with zero attached hydrogens (tertiary/aromatic N) is 8. The third-order valence-electron chi connectivity index (χ3n) is 8.75. The van der Waals surface area contributed by atoms with Crippen LogP contribution in [0.4, 0.5) is 5.82 Å². The monoisotopic (exact) mass is 632 g/mol. The fraction of sp³-hybridized carbons (Fsp3) is 0.571. The van der Waals surface area contributed by atoms with Crippen LogP contribution in [0.3, 0.4) is 0 Å². The molecule has 0 saturated carbocycles. The van der Waals surface area contributed by atoms with Crippen molar-refractivity contribution in [1.29, 1.82) is 5.26 Å². The van der Waals surface area contributed by atoms with Gasteiger partial charge in [0.05, 0.1) is 31.2 Å². The van der Waals surface area contributed by atoms with Gasteiger partial charge in [0.15, 0.2) is 11.3 Å². The number of aromatic nitrogens is 4. The topological polar surface area (TPSA) is 120 Å². The number of ether oxygens (including phenoxy) is 1. The van der Waals surface area contributed by atoms with Gasteiger partial charge in [-0.25, -0.2) is 23.1 Å². The Labute approximate surface area is 256 Å². The highest BCUT2D eigenvalue weighted by molar-refractivity contribution is 7.89. The normalized spacial score (nSPS) is 21.8. The molecule has 0 N–H and O–H groups in total. The minimum Gasteiger partial charge on any atom is -0.379 e. The van der Waals surface area contributed by atoms with Crippen LogP contribution in [0.5, 0.6) is 0 Å². The summed E-state index contributed by atoms with van der Waals surface area (Å²) in [5, 5.41) is 15.3. The van der Waals surface area contributed by atoms with Crippen molar-refractivity contribution in [3.63, 3.8) is 0 Å². The minimum absolute atomic E-state index is 0.157. The summed E-state index contributed by atoms with van der Waals surface area (Å²) in [6.07, 6.45) is 3.94. The molecule has 0 spiro atoms. The Morgan fingerprint density at radius 2 is 1.93 bits per heavy atom. The quantitative estimate of drug-likeness (QED) is 0.368. The maximum atomic E-state index is 12.8. The third-order valence-corrected chi connectivity index (χ3v) is 11.2. The maximum absolute atomic E-state index is 12.8. The molecule has 0 aliphatic carbocycles. The van der Waals surface area contributed by atoms with Crippen molar-refractivity contribution in [3.05, 3.63) is 45.7 Å². The van der Waals surface area contributed by atoms with Gasteiger partial charge in [0.1, 0.15) is 17.4 Å². The largest absolute Gasteiger partial charge is 0.379 e. The second kappa shape index (κ2) is 12.2. The molecule has 14 heteroatoms. The number of sulfonamides is 1. The number of hydrogen-bond acceptors (Lipinski definition) is 9. The van der Waals surface area contributed by atoms with Crippen molar-refractivity contribution < 1.29 is 13.2 Å². The predicted molar refractivity (Wildman–Crippen MR) is 161 cm³/mol. The summed E-state index contributed by atoms with van der Waals surface area (Å²) in [5.41, 5.74) is 2.05. The first-order chi connectivity index (χ1) is 20.2. The number of piperidine rings is 1. The maximum Gasteiger partial charge on any atom is 0.215 e. The van der Waals surface area contributed by atoms with E-state index in [2.05, 4.69) is 26.0 Å². The van der Waals surface area contributed by atoms with E-state index in [1.54, 1.807) is 27.3 Å². The van der Waals surface area contributed by atoms with Crippen LogP contribution in [-0.2, 0) is 14.8 Å². The summed E-state index contributed by atoms with van der Waals surface area (Å²) in [6.45, 7) is 7.94. The number of anilines is 1. The first kappa shape index (κ1) is 29.5. The highest BCUT2D eigenvalue weighted by Crippen LogP contribution is 2.35. The molecule has 11 nitrogen and oxygen atoms in total. The molecule has 3 aliphatic heterocycles. The van der Waals surface area contributed by atoms with E-state index in [1.807, 2.05) is 13.0 Å². The second-order valence-electron chi connectivity index (χ2n) is 11.3. The minimum atomic E-state index is -3.26. The number of fused-ring (bicyclic) bond motifs is 1. The number of likely N-dealkylation sites (tertiary alicyclic amines) is 1. The highest BCUT2D eigenvalue weighted by atomic mass is 35.5. The van der Waals surface area contributed by atoms with E-state index in [-0.39, 0.29) is 17.5 Å². The molecule has 0 bridgehead atoms. The van der Waals surface area contributed by atoms with Crippen LogP contribution in [0.15, 0.2) is 24.4 Å². The van der Waals surface area contributed by atoms with Crippen molar-refractivity contribution in [2.45, 2.75) is 25.8 Å². The SMILES string of the molecule is C[C@H](c1ccc(Cl)cc1Cl)n1nc(C#N)c2ncc(N3CC(C4CCCN(CCS(=O)(=O)N5CCOCC5)C4)C3)nc21. The zero-order valence-electron chi connectivity index (χ0n) is 23.5. The fourth-order valence-electron chi connectivity index (χ4n) is 6.24. The zero-order chi connectivity index (χ0) is 29.4. The Morgan fingerprint density at radius 1 is 1.14 bits per heavy atom. The Hall–Kier alpha value is -2.53. The number of hydrogen-bond donors (Lipinski definition) is 0. The van der Waals surface area contributed by atoms with Crippen molar-refractivity contribution in [3.8, 4) is 6.07 Å². The smallest absolute Gasteiger partial charge is 0.215 e. The van der Waals surface area contributed by atoms with Gasteiger partial charge in [-0.2, -0.15) is 14.7 Å². The van der Waals surface area contributed by atoms with Gasteiger partial charge in [-0.3, -0.25) is 0 Å². The van der Waals surface area contributed by atoms with Crippen LogP contribution < -0.4 is 4.90 Å². The molecule has 3 aromatic rings. The van der Waals surface area contributed by atoms with Crippen LogP contribution in [-0.4, -0.2) is 102 Å². The van der Waals surface area contributed by atoms with E-state index in [0.29, 0.717) is 65.9 Å². The zero-order valence-corrected chi connectivity index (χ0v) is 25.8. The van der Waals surface area contributed by atoms with Gasteiger partial charge in [-0.1, -0.05) is 29.3 Å². The standard InChI is InChI=1S/C28H34Cl2N8O3S/c1-19(23-5-4-22(29)13-24(23)30)38-28-27(25(14-31)34-38)32-15-26(33-28)36-17-21(18-36)20-3-2-6-35(16-20)9-12-42(39,40)37-7-10-41-11-8-37/h4-5,13,15,19-21H,2-3,6-12,16-18H2,1H3/t19-,20?/m1/s1. The van der Waals surface area contributed by atoms with Crippen LogP contribution in [0.1, 0.15) is 37.1 Å². The average molecular weight is 634 g/mol. The van der Waals surface area contributed by atoms with E-state index in [9.17, 15) is 13.7 Å². The van der Waals surface area contributed by atoms with E-state index >= 15 is 0 Å². The number of morpholine rings is 1. The van der Waals surface area contributed by atoms with Gasteiger partial charge < -0.3 is 14.5 Å². The highest BCUT2D eigenvalue weighted by Gasteiger charge is 2.37. The molecular formula is C28H34Cl2N8O3S. The lowest BCUT2D eigenvalue weighted by Crippen LogP contribution is -2.54. The van der Waals surface area contributed by atoms with Gasteiger partial charge >= 0.3 is 0 Å². The molecule has 42 heavy (non-hydrogen) atoms. The molecule has 3 aliphatic rings. The summed E-state index contributed by atoms with van der Waals surface area (Å²) in [7, 11) is -3.26. The predicted octanol–water partition coefficient (Wildman–Crippen LogP) is 3.42. The molecule has 1 aromatic carbocycles. The molecule has 5 heterocycles. The van der Waals surface area contributed by atoms with Crippen LogP contribution in [0.25, 0.3) is 11.2 Å². The van der Waals surface area contributed by atoms with E-state index in [1.165, 1.54) is 0 Å². The molecule has 2 atom stereocenters. The summed E-state index contributed by atoms with van der Waals surface area (Å²) in [5.74, 6) is 1.93. The number of rotatable bonds is 8. The van der Waals surface area contributed by atoms with Gasteiger partial charge in [0.25, 0.3) is 0 Å². The summed E-state index contributed by atoms with van der Waals surface area (Å²) in [6, 6.07) is 7.19. The summed E-state index contributed by atoms with van der Waals surface area (Å²) >= 11 is 12.6. The fourth-order valence-corrected chi connectivity index (χ4v) is 8.26. The van der Waals surface area contributed by atoms with Crippen molar-refractivity contribution in [2.75, 3.05) is 69.7 Å². The van der Waals surface area contributed by atoms with Crippen LogP contribution >= 0.6 is 23.2 Å². The summed E-state index contributed by atoms with van der Waals surface area (Å²) in [4.78, 5) is 14.0. The van der Waals surface area contributed by atoms with Gasteiger partial charge in [-0.15, -0.1) is 0 Å². The van der Waals surface area contributed by atoms with E-state index in [4.69, 9.17) is 32.9 Å². The van der Waals surface area contributed by atoms with Gasteiger partial charge in [-0.05, 0) is 55.8 Å². The first-order valence-electron chi connectivity index (χ1n) is 14.4. The van der Waals surface area contributed by atoms with Crippen molar-refractivity contribution >= 4 is 50.2 Å². The van der Waals surface area contributed by atoms with Crippen LogP contribution in [0.2, 0.25) is 10.0 Å². The molecule has 2 aromatic heterocycles. The average Bonchev–Trinajstić information content (AvgIpc) is 3.34. The van der Waals surface area contributed by atoms with Crippen LogP contribution in [0, 0.1) is 23.2 Å². The molecule has 3 fully saturated rings. The first-order valence-corrected chi connectivity index (χ1v) is 16.7. The van der Waals surface area contributed by atoms with Crippen molar-refractivity contribution in [2.24, 2.45) is 11.8 Å². The lowest BCUT2D eigenvalue weighted by Gasteiger charge is -2.47. The Bertz CT molecular complexity index is 1600. The molecular weight excluding hydrogens is 599 g/mol. The second-order valence-corrected chi connectivity index (χ2v) is 14.3. The summed E-state index contributed by atoms with van der Waals surface area (Å²) < 4.78 is 34.2. The Morgan fingerprint density at radius 3 is 2.67 bits per heavy atom. The van der Waals surface area contributed by atoms with E-state index < -0.39 is 10.0 Å². The number of halogens is 2. The Balaban J connectivity index is 1.11. The van der Waals surface area contributed by atoms with Crippen molar-refractivity contribution in [1.82, 2.24) is 29.0 Å². The molecule has 3 saturated heterocycles. The number of benzene rings is 1. The van der Waals surface area contributed by atoms with E-state index in [0.717, 1.165) is 50.4 Å². The van der Waals surface area contributed by atoms with Gasteiger partial charge in [0, 0.05) is 49.3 Å². The number of nitriles is 1. The molecule has 1 unspecified atom stereocenters. The lowest BCUT2D eigenvalue weighted by atomic mass is 9.80. The molecule has 6 rings (SSSR count).